The van der Waals surface area contributed by atoms with Crippen molar-refractivity contribution in [2.75, 3.05) is 5.73 Å². The van der Waals surface area contributed by atoms with Crippen molar-refractivity contribution < 1.29 is 17.6 Å². The lowest BCUT2D eigenvalue weighted by atomic mass is 10.1. The summed E-state index contributed by atoms with van der Waals surface area (Å²) in [6.07, 6.45) is -4.36. The maximum Gasteiger partial charge on any atom is 0.416 e. The molecule has 3 rings (SSSR count). The molecule has 0 fully saturated rings. The van der Waals surface area contributed by atoms with Crippen LogP contribution in [0.25, 0.3) is 22.6 Å². The molecule has 2 aromatic carbocycles. The number of aromatic nitrogens is 1. The van der Waals surface area contributed by atoms with Crippen LogP contribution in [0.3, 0.4) is 0 Å². The molecular weight excluding hydrogens is 396 g/mol. The van der Waals surface area contributed by atoms with Gasteiger partial charge in [0.2, 0.25) is 5.89 Å². The topological polar surface area (TPSA) is 52.0 Å². The van der Waals surface area contributed by atoms with Crippen molar-refractivity contribution in [3.63, 3.8) is 0 Å². The predicted molar refractivity (Wildman–Crippen MR) is 81.6 cm³/mol. The molecule has 0 radical (unpaired) electrons. The molecule has 0 aliphatic heterocycles. The van der Waals surface area contributed by atoms with Crippen LogP contribution in [0.4, 0.5) is 18.9 Å². The maximum absolute atomic E-state index is 12.5. The average Bonchev–Trinajstić information content (AvgIpc) is 2.87. The zero-order valence-corrected chi connectivity index (χ0v) is 12.6. The summed E-state index contributed by atoms with van der Waals surface area (Å²) in [5, 5.41) is 0. The van der Waals surface area contributed by atoms with Crippen molar-refractivity contribution in [3.8, 4) is 11.5 Å². The Hall–Kier alpha value is -1.77. The van der Waals surface area contributed by atoms with E-state index in [0.29, 0.717) is 22.4 Å². The molecule has 0 saturated carbocycles. The average molecular weight is 404 g/mol. The molecule has 1 aromatic heterocycles. The molecule has 0 unspecified atom stereocenters. The van der Waals surface area contributed by atoms with E-state index in [9.17, 15) is 13.2 Å². The van der Waals surface area contributed by atoms with Gasteiger partial charge in [-0.1, -0.05) is 0 Å². The molecule has 0 spiro atoms. The van der Waals surface area contributed by atoms with E-state index >= 15 is 0 Å². The van der Waals surface area contributed by atoms with Crippen LogP contribution < -0.4 is 5.73 Å². The molecule has 21 heavy (non-hydrogen) atoms. The molecule has 0 atom stereocenters. The quantitative estimate of drug-likeness (QED) is 0.473. The fourth-order valence-corrected chi connectivity index (χ4v) is 2.35. The van der Waals surface area contributed by atoms with Crippen molar-refractivity contribution in [1.82, 2.24) is 4.98 Å². The van der Waals surface area contributed by atoms with Gasteiger partial charge in [-0.25, -0.2) is 4.98 Å². The van der Waals surface area contributed by atoms with Gasteiger partial charge >= 0.3 is 6.18 Å². The second-order valence-corrected chi connectivity index (χ2v) is 5.56. The first kappa shape index (κ1) is 14.2. The number of benzene rings is 2. The SMILES string of the molecule is Nc1c(I)ccc2oc(-c3ccc(C(F)(F)F)cc3)nc12. The minimum Gasteiger partial charge on any atom is -0.436 e. The van der Waals surface area contributed by atoms with Crippen molar-refractivity contribution in [1.29, 1.82) is 0 Å². The minimum absolute atomic E-state index is 0.243. The van der Waals surface area contributed by atoms with Gasteiger partial charge in [0.1, 0.15) is 5.52 Å². The summed E-state index contributed by atoms with van der Waals surface area (Å²) in [5.41, 5.74) is 7.18. The third kappa shape index (κ3) is 2.57. The Bertz CT molecular complexity index is 809. The third-order valence-electron chi connectivity index (χ3n) is 3.01. The van der Waals surface area contributed by atoms with Crippen molar-refractivity contribution >= 4 is 39.4 Å². The summed E-state index contributed by atoms with van der Waals surface area (Å²) in [6.45, 7) is 0. The number of nitrogen functional groups attached to an aromatic ring is 1. The number of alkyl halides is 3. The van der Waals surface area contributed by atoms with Crippen LogP contribution in [0.1, 0.15) is 5.56 Å². The van der Waals surface area contributed by atoms with Gasteiger partial charge < -0.3 is 10.2 Å². The molecule has 108 valence electrons. The second kappa shape index (κ2) is 4.90. The van der Waals surface area contributed by atoms with E-state index in [1.807, 2.05) is 0 Å². The highest BCUT2D eigenvalue weighted by Gasteiger charge is 2.30. The normalized spacial score (nSPS) is 12.0. The van der Waals surface area contributed by atoms with Crippen LogP contribution in [0.15, 0.2) is 40.8 Å². The van der Waals surface area contributed by atoms with Gasteiger partial charge in [-0.05, 0) is 59.0 Å². The fraction of sp³-hybridized carbons (Fsp3) is 0.0714. The first-order valence-corrected chi connectivity index (χ1v) is 6.96. The van der Waals surface area contributed by atoms with Gasteiger partial charge in [-0.3, -0.25) is 0 Å². The number of nitrogens with two attached hydrogens (primary N) is 1. The highest BCUT2D eigenvalue weighted by molar-refractivity contribution is 14.1. The Morgan fingerprint density at radius 2 is 1.71 bits per heavy atom. The smallest absolute Gasteiger partial charge is 0.416 e. The van der Waals surface area contributed by atoms with Crippen LogP contribution in [0, 0.1) is 3.57 Å². The highest BCUT2D eigenvalue weighted by Crippen LogP contribution is 2.33. The third-order valence-corrected chi connectivity index (χ3v) is 3.95. The summed E-state index contributed by atoms with van der Waals surface area (Å²) in [7, 11) is 0. The van der Waals surface area contributed by atoms with E-state index in [-0.39, 0.29) is 5.89 Å². The number of fused-ring (bicyclic) bond motifs is 1. The number of nitrogens with zero attached hydrogens (tertiary/aromatic N) is 1. The highest BCUT2D eigenvalue weighted by atomic mass is 127. The first-order valence-electron chi connectivity index (χ1n) is 5.88. The Morgan fingerprint density at radius 1 is 1.05 bits per heavy atom. The van der Waals surface area contributed by atoms with Gasteiger partial charge in [-0.2, -0.15) is 13.2 Å². The summed E-state index contributed by atoms with van der Waals surface area (Å²) >= 11 is 2.08. The number of rotatable bonds is 1. The zero-order chi connectivity index (χ0) is 15.2. The van der Waals surface area contributed by atoms with Gasteiger partial charge in [-0.15, -0.1) is 0 Å². The summed E-state index contributed by atoms with van der Waals surface area (Å²) < 4.78 is 44.0. The molecular formula is C14H8F3IN2O. The molecule has 2 N–H and O–H groups in total. The minimum atomic E-state index is -4.36. The monoisotopic (exact) mass is 404 g/mol. The molecule has 3 aromatic rings. The van der Waals surface area contributed by atoms with E-state index in [1.165, 1.54) is 12.1 Å². The van der Waals surface area contributed by atoms with E-state index in [2.05, 4.69) is 27.6 Å². The van der Waals surface area contributed by atoms with E-state index < -0.39 is 11.7 Å². The van der Waals surface area contributed by atoms with Crippen molar-refractivity contribution in [2.24, 2.45) is 0 Å². The van der Waals surface area contributed by atoms with Crippen LogP contribution in [-0.4, -0.2) is 4.98 Å². The Morgan fingerprint density at radius 3 is 2.33 bits per heavy atom. The Labute approximate surface area is 131 Å². The molecule has 0 bridgehead atoms. The number of hydrogen-bond acceptors (Lipinski definition) is 3. The van der Waals surface area contributed by atoms with Gasteiger partial charge in [0, 0.05) is 9.13 Å². The number of oxazole rings is 1. The maximum atomic E-state index is 12.5. The van der Waals surface area contributed by atoms with Crippen molar-refractivity contribution in [2.45, 2.75) is 6.18 Å². The van der Waals surface area contributed by atoms with E-state index in [0.717, 1.165) is 15.7 Å². The zero-order valence-electron chi connectivity index (χ0n) is 10.4. The largest absolute Gasteiger partial charge is 0.436 e. The van der Waals surface area contributed by atoms with Gasteiger partial charge in [0.15, 0.2) is 5.58 Å². The molecule has 0 amide bonds. The lowest BCUT2D eigenvalue weighted by Crippen LogP contribution is -2.03. The summed E-state index contributed by atoms with van der Waals surface area (Å²) in [5.74, 6) is 0.243. The molecule has 1 heterocycles. The van der Waals surface area contributed by atoms with Crippen molar-refractivity contribution in [3.05, 3.63) is 45.5 Å². The molecule has 0 saturated heterocycles. The summed E-state index contributed by atoms with van der Waals surface area (Å²) in [4.78, 5) is 4.26. The van der Waals surface area contributed by atoms with Gasteiger partial charge in [0.25, 0.3) is 0 Å². The number of halogens is 4. The molecule has 0 aliphatic rings. The lowest BCUT2D eigenvalue weighted by Gasteiger charge is -2.05. The van der Waals surface area contributed by atoms with Crippen LogP contribution in [0.2, 0.25) is 0 Å². The standard InChI is InChI=1S/C14H8F3IN2O/c15-14(16,17)8-3-1-7(2-4-8)13-20-12-10(21-13)6-5-9(18)11(12)19/h1-6H,19H2. The summed E-state index contributed by atoms with van der Waals surface area (Å²) in [6, 6.07) is 8.17. The Balaban J connectivity index is 2.06. The van der Waals surface area contributed by atoms with Crippen LogP contribution in [-0.2, 0) is 6.18 Å². The van der Waals surface area contributed by atoms with E-state index in [1.54, 1.807) is 12.1 Å². The molecule has 0 aliphatic carbocycles. The first-order chi connectivity index (χ1) is 9.86. The molecule has 3 nitrogen and oxygen atoms in total. The second-order valence-electron chi connectivity index (χ2n) is 4.40. The molecule has 7 heteroatoms. The van der Waals surface area contributed by atoms with E-state index in [4.69, 9.17) is 10.2 Å². The fourth-order valence-electron chi connectivity index (χ4n) is 1.91. The van der Waals surface area contributed by atoms with Crippen LogP contribution in [0.5, 0.6) is 0 Å². The van der Waals surface area contributed by atoms with Gasteiger partial charge in [0.05, 0.1) is 11.3 Å². The number of hydrogen-bond donors (Lipinski definition) is 1. The van der Waals surface area contributed by atoms with Crippen LogP contribution >= 0.6 is 22.6 Å². The Kier molecular flexibility index (Phi) is 3.31. The number of anilines is 1. The lowest BCUT2D eigenvalue weighted by molar-refractivity contribution is -0.137. The predicted octanol–water partition coefficient (Wildman–Crippen LogP) is 4.70.